The zero-order chi connectivity index (χ0) is 19.1. The SMILES string of the molecule is FC(F)(F)C1=CN(c2nc(-c3ccc(C(F)(F)F)cc3)c(Cl)o2)CC=C1. The largest absolute Gasteiger partial charge is 0.417 e. The van der Waals surface area contributed by atoms with Gasteiger partial charge in [0.1, 0.15) is 5.69 Å². The molecule has 10 heteroatoms. The minimum atomic E-state index is -4.54. The molecule has 26 heavy (non-hydrogen) atoms. The zero-order valence-corrected chi connectivity index (χ0v) is 13.5. The summed E-state index contributed by atoms with van der Waals surface area (Å²) in [6.07, 6.45) is -6.01. The molecule has 0 unspecified atom stereocenters. The number of rotatable bonds is 2. The molecule has 1 aromatic carbocycles. The van der Waals surface area contributed by atoms with Crippen molar-refractivity contribution in [2.75, 3.05) is 11.4 Å². The van der Waals surface area contributed by atoms with Gasteiger partial charge in [-0.15, -0.1) is 0 Å². The lowest BCUT2D eigenvalue weighted by molar-refractivity contribution is -0.137. The molecule has 0 fully saturated rings. The van der Waals surface area contributed by atoms with E-state index in [1.807, 2.05) is 0 Å². The van der Waals surface area contributed by atoms with Gasteiger partial charge < -0.3 is 4.42 Å². The average molecular weight is 395 g/mol. The molecule has 3 rings (SSSR count). The Labute approximate surface area is 148 Å². The summed E-state index contributed by atoms with van der Waals surface area (Å²) in [6.45, 7) is 0.0723. The number of benzene rings is 1. The first-order chi connectivity index (χ1) is 12.1. The molecule has 0 saturated carbocycles. The predicted octanol–water partition coefficient (Wildman–Crippen LogP) is 5.84. The number of anilines is 1. The standard InChI is InChI=1S/C16H9ClF6N2O/c17-13-12(9-3-5-10(6-4-9)15(18,19)20)24-14(26-13)25-7-1-2-11(8-25)16(21,22)23/h1-6,8H,7H2. The van der Waals surface area contributed by atoms with Gasteiger partial charge in [0, 0.05) is 18.3 Å². The van der Waals surface area contributed by atoms with Crippen LogP contribution in [-0.2, 0) is 6.18 Å². The van der Waals surface area contributed by atoms with Gasteiger partial charge in [-0.2, -0.15) is 31.3 Å². The Hall–Kier alpha value is -2.42. The molecule has 2 aromatic rings. The molecule has 0 bridgehead atoms. The summed E-state index contributed by atoms with van der Waals surface area (Å²) in [7, 11) is 0. The first kappa shape index (κ1) is 18.4. The van der Waals surface area contributed by atoms with Gasteiger partial charge in [0.05, 0.1) is 11.1 Å². The third-order valence-electron chi connectivity index (χ3n) is 3.53. The normalized spacial score (nSPS) is 15.3. The highest BCUT2D eigenvalue weighted by atomic mass is 35.5. The maximum absolute atomic E-state index is 12.8. The minimum Gasteiger partial charge on any atom is -0.411 e. The third-order valence-corrected chi connectivity index (χ3v) is 3.78. The van der Waals surface area contributed by atoms with Crippen molar-refractivity contribution in [3.8, 4) is 11.3 Å². The molecule has 2 heterocycles. The summed E-state index contributed by atoms with van der Waals surface area (Å²) in [4.78, 5) is 5.11. The highest BCUT2D eigenvalue weighted by Gasteiger charge is 2.34. The number of hydrogen-bond acceptors (Lipinski definition) is 3. The summed E-state index contributed by atoms with van der Waals surface area (Å²) in [5.41, 5.74) is -1.47. The fourth-order valence-electron chi connectivity index (χ4n) is 2.27. The van der Waals surface area contributed by atoms with Gasteiger partial charge in [-0.25, -0.2) is 0 Å². The van der Waals surface area contributed by atoms with Crippen LogP contribution in [0, 0.1) is 0 Å². The number of hydrogen-bond donors (Lipinski definition) is 0. The lowest BCUT2D eigenvalue weighted by Gasteiger charge is -2.20. The topological polar surface area (TPSA) is 29.3 Å². The van der Waals surface area contributed by atoms with Crippen LogP contribution in [0.5, 0.6) is 0 Å². The highest BCUT2D eigenvalue weighted by molar-refractivity contribution is 6.31. The van der Waals surface area contributed by atoms with Crippen LogP contribution in [0.4, 0.5) is 32.4 Å². The molecule has 0 spiro atoms. The summed E-state index contributed by atoms with van der Waals surface area (Å²) in [5.74, 6) is 0. The Morgan fingerprint density at radius 1 is 1.00 bits per heavy atom. The molecule has 1 aromatic heterocycles. The fourth-order valence-corrected chi connectivity index (χ4v) is 2.49. The molecular weight excluding hydrogens is 386 g/mol. The van der Waals surface area contributed by atoms with E-state index in [1.165, 1.54) is 6.08 Å². The number of halogens is 7. The van der Waals surface area contributed by atoms with Gasteiger partial charge in [0.2, 0.25) is 5.22 Å². The van der Waals surface area contributed by atoms with Crippen LogP contribution in [0.2, 0.25) is 5.22 Å². The van der Waals surface area contributed by atoms with Crippen molar-refractivity contribution < 1.29 is 30.8 Å². The summed E-state index contributed by atoms with van der Waals surface area (Å²) in [5, 5.41) is -0.240. The second-order valence-electron chi connectivity index (χ2n) is 5.33. The Balaban J connectivity index is 1.91. The third kappa shape index (κ3) is 3.72. The number of aromatic nitrogens is 1. The van der Waals surface area contributed by atoms with E-state index in [4.69, 9.17) is 16.0 Å². The van der Waals surface area contributed by atoms with E-state index in [9.17, 15) is 26.3 Å². The molecular formula is C16H9ClF6N2O. The van der Waals surface area contributed by atoms with E-state index >= 15 is 0 Å². The van der Waals surface area contributed by atoms with Gasteiger partial charge in [-0.3, -0.25) is 4.90 Å². The maximum atomic E-state index is 12.8. The fraction of sp³-hybridized carbons (Fsp3) is 0.188. The van der Waals surface area contributed by atoms with Crippen molar-refractivity contribution in [2.24, 2.45) is 0 Å². The monoisotopic (exact) mass is 394 g/mol. The zero-order valence-electron chi connectivity index (χ0n) is 12.7. The van der Waals surface area contributed by atoms with Crippen LogP contribution in [0.1, 0.15) is 5.56 Å². The lowest BCUT2D eigenvalue weighted by atomic mass is 10.1. The molecule has 3 nitrogen and oxygen atoms in total. The highest BCUT2D eigenvalue weighted by Crippen LogP contribution is 2.36. The molecule has 0 atom stereocenters. The van der Waals surface area contributed by atoms with Gasteiger partial charge in [0.15, 0.2) is 0 Å². The van der Waals surface area contributed by atoms with Crippen LogP contribution >= 0.6 is 11.6 Å². The Morgan fingerprint density at radius 3 is 2.23 bits per heavy atom. The van der Waals surface area contributed by atoms with Crippen LogP contribution in [-0.4, -0.2) is 17.7 Å². The van der Waals surface area contributed by atoms with Crippen molar-refractivity contribution in [3.05, 3.63) is 59.0 Å². The summed E-state index contributed by atoms with van der Waals surface area (Å²) >= 11 is 5.92. The van der Waals surface area contributed by atoms with Gasteiger partial charge in [-0.1, -0.05) is 24.3 Å². The van der Waals surface area contributed by atoms with E-state index in [-0.39, 0.29) is 29.0 Å². The predicted molar refractivity (Wildman–Crippen MR) is 82.6 cm³/mol. The second kappa shape index (κ2) is 6.39. The minimum absolute atomic E-state index is 0.0342. The first-order valence-corrected chi connectivity index (χ1v) is 7.49. The van der Waals surface area contributed by atoms with Crippen molar-refractivity contribution in [2.45, 2.75) is 12.4 Å². The molecule has 1 aliphatic heterocycles. The molecule has 1 aliphatic rings. The maximum Gasteiger partial charge on any atom is 0.417 e. The number of allylic oxidation sites excluding steroid dienone is 2. The van der Waals surface area contributed by atoms with Crippen LogP contribution in [0.15, 0.2) is 52.6 Å². The molecule has 0 aliphatic carbocycles. The Kier molecular flexibility index (Phi) is 4.51. The van der Waals surface area contributed by atoms with E-state index in [2.05, 4.69) is 4.98 Å². The van der Waals surface area contributed by atoms with E-state index < -0.39 is 23.5 Å². The molecule has 0 N–H and O–H groups in total. The molecule has 0 radical (unpaired) electrons. The van der Waals surface area contributed by atoms with E-state index in [0.29, 0.717) is 0 Å². The second-order valence-corrected chi connectivity index (χ2v) is 5.67. The Morgan fingerprint density at radius 2 is 1.65 bits per heavy atom. The van der Waals surface area contributed by atoms with Crippen LogP contribution < -0.4 is 4.90 Å². The Bertz CT molecular complexity index is 864. The number of nitrogens with zero attached hydrogens (tertiary/aromatic N) is 2. The van der Waals surface area contributed by atoms with Crippen molar-refractivity contribution in [1.82, 2.24) is 4.98 Å². The van der Waals surface area contributed by atoms with Gasteiger partial charge in [0.25, 0.3) is 0 Å². The van der Waals surface area contributed by atoms with Gasteiger partial charge in [-0.05, 0) is 23.7 Å². The molecule has 0 saturated heterocycles. The van der Waals surface area contributed by atoms with Crippen LogP contribution in [0.3, 0.4) is 0 Å². The van der Waals surface area contributed by atoms with Crippen LogP contribution in [0.25, 0.3) is 11.3 Å². The van der Waals surface area contributed by atoms with Crippen molar-refractivity contribution in [1.29, 1.82) is 0 Å². The van der Waals surface area contributed by atoms with Gasteiger partial charge >= 0.3 is 18.4 Å². The van der Waals surface area contributed by atoms with E-state index in [0.717, 1.165) is 41.4 Å². The summed E-state index contributed by atoms with van der Waals surface area (Å²) < 4.78 is 81.4. The quantitative estimate of drug-likeness (QED) is 0.600. The average Bonchev–Trinajstić information content (AvgIpc) is 2.95. The first-order valence-electron chi connectivity index (χ1n) is 7.12. The van der Waals surface area contributed by atoms with Crippen molar-refractivity contribution >= 4 is 17.6 Å². The number of oxazole rings is 1. The molecule has 0 amide bonds. The lowest BCUT2D eigenvalue weighted by Crippen LogP contribution is -2.24. The summed E-state index contributed by atoms with van der Waals surface area (Å²) in [6, 6.07) is 3.82. The number of alkyl halides is 6. The van der Waals surface area contributed by atoms with E-state index in [1.54, 1.807) is 0 Å². The molecule has 138 valence electrons. The van der Waals surface area contributed by atoms with Crippen molar-refractivity contribution in [3.63, 3.8) is 0 Å². The smallest absolute Gasteiger partial charge is 0.411 e.